The first-order valence-corrected chi connectivity index (χ1v) is 10.8. The van der Waals surface area contributed by atoms with Gasteiger partial charge in [-0.15, -0.1) is 0 Å². The lowest BCUT2D eigenvalue weighted by Gasteiger charge is -2.33. The fourth-order valence-electron chi connectivity index (χ4n) is 4.33. The molecule has 6 nitrogen and oxygen atoms in total. The van der Waals surface area contributed by atoms with E-state index in [1.54, 1.807) is 12.4 Å². The maximum absolute atomic E-state index is 13.5. The van der Waals surface area contributed by atoms with Crippen molar-refractivity contribution < 1.29 is 24.1 Å². The number of aromatic nitrogens is 1. The second-order valence-electron chi connectivity index (χ2n) is 8.12. The Morgan fingerprint density at radius 3 is 2.47 bits per heavy atom. The maximum atomic E-state index is 13.5. The van der Waals surface area contributed by atoms with Crippen molar-refractivity contribution in [2.45, 2.75) is 0 Å². The summed E-state index contributed by atoms with van der Waals surface area (Å²) < 4.78 is 11.2. The molecule has 0 bridgehead atoms. The minimum absolute atomic E-state index is 0.0313. The predicted molar refractivity (Wildman–Crippen MR) is 120 cm³/mol. The van der Waals surface area contributed by atoms with Crippen LogP contribution in [0, 0.1) is 0 Å². The van der Waals surface area contributed by atoms with Gasteiger partial charge >= 0.3 is 0 Å². The molecule has 1 N–H and O–H groups in total. The van der Waals surface area contributed by atoms with Crippen LogP contribution >= 0.6 is 0 Å². The first-order chi connectivity index (χ1) is 15.6. The van der Waals surface area contributed by atoms with Gasteiger partial charge in [0, 0.05) is 34.7 Å². The van der Waals surface area contributed by atoms with E-state index in [2.05, 4.69) is 4.98 Å². The molecule has 1 aliphatic carbocycles. The Hall–Kier alpha value is -3.32. The largest absolute Gasteiger partial charge is 0.488 e. The number of quaternary nitrogens is 1. The van der Waals surface area contributed by atoms with E-state index in [9.17, 15) is 10.0 Å². The van der Waals surface area contributed by atoms with Crippen LogP contribution in [0.4, 0.5) is 0 Å². The van der Waals surface area contributed by atoms with Crippen molar-refractivity contribution in [1.82, 2.24) is 4.98 Å². The van der Waals surface area contributed by atoms with Crippen molar-refractivity contribution in [3.05, 3.63) is 95.3 Å². The highest BCUT2D eigenvalue weighted by Gasteiger charge is 2.32. The molecule has 1 aliphatic heterocycles. The van der Waals surface area contributed by atoms with Gasteiger partial charge in [0.1, 0.15) is 32.0 Å². The summed E-state index contributed by atoms with van der Waals surface area (Å²) in [5.74, 6) is 0.591. The summed E-state index contributed by atoms with van der Waals surface area (Å²) in [6.45, 7) is 3.06. The van der Waals surface area contributed by atoms with Gasteiger partial charge < -0.3 is 9.47 Å². The van der Waals surface area contributed by atoms with Crippen molar-refractivity contribution in [1.29, 1.82) is 0 Å². The number of allylic oxidation sites excluding steroid dienone is 1. The molecule has 32 heavy (non-hydrogen) atoms. The number of rotatable bonds is 6. The molecule has 0 radical (unpaired) electrons. The van der Waals surface area contributed by atoms with Crippen molar-refractivity contribution in [3.63, 3.8) is 0 Å². The van der Waals surface area contributed by atoms with Gasteiger partial charge in [0.2, 0.25) is 0 Å². The highest BCUT2D eigenvalue weighted by molar-refractivity contribution is 6.41. The summed E-state index contributed by atoms with van der Waals surface area (Å²) in [4.78, 5) is 17.7. The molecule has 0 spiro atoms. The van der Waals surface area contributed by atoms with Crippen LogP contribution in [-0.4, -0.2) is 60.1 Å². The van der Waals surface area contributed by atoms with Crippen molar-refractivity contribution in [2.75, 3.05) is 39.5 Å². The van der Waals surface area contributed by atoms with E-state index >= 15 is 0 Å². The summed E-state index contributed by atoms with van der Waals surface area (Å²) in [5, 5.41) is 10.6. The molecule has 0 atom stereocenters. The third-order valence-corrected chi connectivity index (χ3v) is 6.07. The van der Waals surface area contributed by atoms with Crippen LogP contribution < -0.4 is 4.74 Å². The standard InChI is InChI=1S/C26H25N2O4/c29-26-23-17-21(32-16-13-28(30)11-14-31-15-12-28)8-9-22(23)24(19-5-2-1-3-6-19)25(26)20-7-4-10-27-18-20/h1-10,17-18,30H,11-16H2/q+1. The fraction of sp³-hybridized carbons (Fsp3) is 0.231. The quantitative estimate of drug-likeness (QED) is 0.603. The summed E-state index contributed by atoms with van der Waals surface area (Å²) in [7, 11) is 0. The zero-order chi connectivity index (χ0) is 22.0. The van der Waals surface area contributed by atoms with Gasteiger partial charge in [0.05, 0.1) is 13.2 Å². The summed E-state index contributed by atoms with van der Waals surface area (Å²) in [6.07, 6.45) is 3.43. The Morgan fingerprint density at radius 1 is 0.938 bits per heavy atom. The molecule has 0 saturated carbocycles. The summed E-state index contributed by atoms with van der Waals surface area (Å²) in [5.41, 5.74) is 4.88. The van der Waals surface area contributed by atoms with Gasteiger partial charge in [-0.3, -0.25) is 9.78 Å². The number of fused-ring (bicyclic) bond motifs is 1. The average Bonchev–Trinajstić information content (AvgIpc) is 3.12. The topological polar surface area (TPSA) is 68.7 Å². The minimum Gasteiger partial charge on any atom is -0.488 e. The van der Waals surface area contributed by atoms with E-state index in [4.69, 9.17) is 9.47 Å². The van der Waals surface area contributed by atoms with Gasteiger partial charge in [-0.1, -0.05) is 36.4 Å². The van der Waals surface area contributed by atoms with Gasteiger partial charge in [0.15, 0.2) is 5.78 Å². The van der Waals surface area contributed by atoms with Crippen LogP contribution in [0.5, 0.6) is 5.75 Å². The van der Waals surface area contributed by atoms with Gasteiger partial charge in [-0.05, 0) is 35.4 Å². The number of benzene rings is 2. The molecule has 162 valence electrons. The van der Waals surface area contributed by atoms with Crippen LogP contribution in [0.25, 0.3) is 11.1 Å². The Balaban J connectivity index is 1.44. The lowest BCUT2D eigenvalue weighted by molar-refractivity contribution is -1.11. The van der Waals surface area contributed by atoms with E-state index in [0.29, 0.717) is 56.3 Å². The molecular formula is C26H25N2O4+. The van der Waals surface area contributed by atoms with Crippen molar-refractivity contribution in [3.8, 4) is 5.75 Å². The molecule has 3 aromatic rings. The Kier molecular flexibility index (Phi) is 5.57. The predicted octanol–water partition coefficient (Wildman–Crippen LogP) is 3.85. The lowest BCUT2D eigenvalue weighted by atomic mass is 9.95. The van der Waals surface area contributed by atoms with Crippen molar-refractivity contribution in [2.24, 2.45) is 0 Å². The third-order valence-electron chi connectivity index (χ3n) is 6.07. The molecule has 1 aromatic heterocycles. The maximum Gasteiger partial charge on any atom is 0.195 e. The number of nitrogens with zero attached hydrogens (tertiary/aromatic N) is 2. The first-order valence-electron chi connectivity index (χ1n) is 10.8. The number of morpholine rings is 1. The minimum atomic E-state index is -0.0469. The number of hydroxylamine groups is 3. The zero-order valence-corrected chi connectivity index (χ0v) is 17.7. The van der Waals surface area contributed by atoms with Crippen LogP contribution in [0.1, 0.15) is 27.0 Å². The number of Topliss-reactive ketones (excluding diaryl/α,β-unsaturated/α-hetero) is 1. The second kappa shape index (κ2) is 8.67. The smallest absolute Gasteiger partial charge is 0.195 e. The first kappa shape index (κ1) is 20.6. The van der Waals surface area contributed by atoms with Gasteiger partial charge in [0.25, 0.3) is 0 Å². The molecule has 0 amide bonds. The number of ketones is 1. The van der Waals surface area contributed by atoms with Crippen LogP contribution in [0.3, 0.4) is 0 Å². The summed E-state index contributed by atoms with van der Waals surface area (Å²) >= 11 is 0. The number of carbonyl (C=O) groups is 1. The highest BCUT2D eigenvalue weighted by Crippen LogP contribution is 2.43. The molecule has 6 heteroatoms. The van der Waals surface area contributed by atoms with Gasteiger partial charge in [-0.25, -0.2) is 5.21 Å². The lowest BCUT2D eigenvalue weighted by Crippen LogP contribution is -2.54. The van der Waals surface area contributed by atoms with Crippen LogP contribution in [0.15, 0.2) is 73.1 Å². The Labute approximate surface area is 186 Å². The Morgan fingerprint density at radius 2 is 1.72 bits per heavy atom. The molecule has 1 fully saturated rings. The molecule has 2 heterocycles. The SMILES string of the molecule is O=C1C(c2cccnc2)=C(c2ccccc2)c2ccc(OCC[N+]3(O)CCOCC3)cc21. The van der Waals surface area contributed by atoms with Crippen LogP contribution in [0.2, 0.25) is 0 Å². The number of hydrogen-bond acceptors (Lipinski definition) is 5. The fourth-order valence-corrected chi connectivity index (χ4v) is 4.33. The molecule has 0 unspecified atom stereocenters. The number of carbonyl (C=O) groups excluding carboxylic acids is 1. The van der Waals surface area contributed by atoms with E-state index in [0.717, 1.165) is 22.3 Å². The average molecular weight is 429 g/mol. The second-order valence-corrected chi connectivity index (χ2v) is 8.12. The third kappa shape index (κ3) is 3.96. The molecule has 2 aromatic carbocycles. The van der Waals surface area contributed by atoms with E-state index in [1.165, 1.54) is 0 Å². The molecule has 2 aliphatic rings. The molecule has 5 rings (SSSR count). The van der Waals surface area contributed by atoms with Crippen molar-refractivity contribution >= 4 is 16.9 Å². The Bertz CT molecular complexity index is 1150. The summed E-state index contributed by atoms with van der Waals surface area (Å²) in [6, 6.07) is 19.4. The monoisotopic (exact) mass is 429 g/mol. The van der Waals surface area contributed by atoms with E-state index in [-0.39, 0.29) is 10.4 Å². The van der Waals surface area contributed by atoms with E-state index < -0.39 is 0 Å². The number of ether oxygens (including phenoxy) is 2. The number of pyridine rings is 1. The molecule has 1 saturated heterocycles. The van der Waals surface area contributed by atoms with E-state index in [1.807, 2.05) is 60.7 Å². The van der Waals surface area contributed by atoms with Crippen LogP contribution in [-0.2, 0) is 4.74 Å². The van der Waals surface area contributed by atoms with Gasteiger partial charge in [-0.2, -0.15) is 4.65 Å². The highest BCUT2D eigenvalue weighted by atomic mass is 16.6. The zero-order valence-electron chi connectivity index (χ0n) is 17.7. The number of hydrogen-bond donors (Lipinski definition) is 1. The normalized spacial score (nSPS) is 17.3. The molecular weight excluding hydrogens is 404 g/mol.